The first-order valence-corrected chi connectivity index (χ1v) is 6.61. The monoisotopic (exact) mass is 356 g/mol. The predicted octanol–water partition coefficient (Wildman–Crippen LogP) is 2.10. The first-order chi connectivity index (χ1) is 8.70. The van der Waals surface area contributed by atoms with Gasteiger partial charge in [0, 0.05) is 12.7 Å². The summed E-state index contributed by atoms with van der Waals surface area (Å²) in [6.07, 6.45) is 3.95. The van der Waals surface area contributed by atoms with Gasteiger partial charge in [-0.25, -0.2) is 4.98 Å². The van der Waals surface area contributed by atoms with E-state index in [1.807, 2.05) is 46.9 Å². The van der Waals surface area contributed by atoms with Gasteiger partial charge in [-0.1, -0.05) is 12.1 Å². The maximum absolute atomic E-state index is 11.8. The number of nitrogens with zero attached hydrogens (tertiary/aromatic N) is 2. The summed E-state index contributed by atoms with van der Waals surface area (Å²) in [5, 5.41) is 0. The standard InChI is InChI=1S/C13H13IN2O2/c1-18-11-4-2-10(3-5-11)6-7-16-9-15-8-12(14)13(16)17/h2-5,8-9H,6-7H2,1H3. The molecule has 2 aromatic rings. The lowest BCUT2D eigenvalue weighted by atomic mass is 10.1. The van der Waals surface area contributed by atoms with Gasteiger partial charge in [0.2, 0.25) is 0 Å². The Hall–Kier alpha value is -1.37. The van der Waals surface area contributed by atoms with E-state index in [4.69, 9.17) is 4.74 Å². The molecule has 1 aromatic carbocycles. The Morgan fingerprint density at radius 1 is 1.33 bits per heavy atom. The van der Waals surface area contributed by atoms with Crippen LogP contribution in [0, 0.1) is 3.57 Å². The van der Waals surface area contributed by atoms with Gasteiger partial charge < -0.3 is 4.74 Å². The molecule has 0 unspecified atom stereocenters. The lowest BCUT2D eigenvalue weighted by molar-refractivity contribution is 0.414. The van der Waals surface area contributed by atoms with Crippen LogP contribution in [-0.4, -0.2) is 16.7 Å². The minimum absolute atomic E-state index is 0.0131. The number of aryl methyl sites for hydroxylation is 2. The summed E-state index contributed by atoms with van der Waals surface area (Å²) in [7, 11) is 1.64. The number of hydrogen-bond acceptors (Lipinski definition) is 3. The van der Waals surface area contributed by atoms with Crippen molar-refractivity contribution in [1.29, 1.82) is 0 Å². The highest BCUT2D eigenvalue weighted by molar-refractivity contribution is 14.1. The number of hydrogen-bond donors (Lipinski definition) is 0. The number of aromatic nitrogens is 2. The van der Waals surface area contributed by atoms with E-state index >= 15 is 0 Å². The van der Waals surface area contributed by atoms with Gasteiger partial charge in [0.1, 0.15) is 5.75 Å². The molecule has 2 rings (SSSR count). The lowest BCUT2D eigenvalue weighted by Crippen LogP contribution is -2.23. The Morgan fingerprint density at radius 3 is 2.72 bits per heavy atom. The minimum atomic E-state index is 0.0131. The largest absolute Gasteiger partial charge is 0.497 e. The van der Waals surface area contributed by atoms with E-state index in [1.54, 1.807) is 24.2 Å². The number of halogens is 1. The Bertz CT molecular complexity index is 578. The molecule has 0 aliphatic rings. The van der Waals surface area contributed by atoms with Gasteiger partial charge in [-0.3, -0.25) is 9.36 Å². The fourth-order valence-electron chi connectivity index (χ4n) is 1.63. The Balaban J connectivity index is 2.07. The number of ether oxygens (including phenoxy) is 1. The first kappa shape index (κ1) is 13.1. The third-order valence-electron chi connectivity index (χ3n) is 2.66. The van der Waals surface area contributed by atoms with Crippen molar-refractivity contribution in [2.24, 2.45) is 0 Å². The van der Waals surface area contributed by atoms with Crippen molar-refractivity contribution in [1.82, 2.24) is 9.55 Å². The van der Waals surface area contributed by atoms with E-state index in [0.29, 0.717) is 10.1 Å². The summed E-state index contributed by atoms with van der Waals surface area (Å²) in [5.74, 6) is 0.840. The molecule has 0 fully saturated rings. The zero-order chi connectivity index (χ0) is 13.0. The fraction of sp³-hybridized carbons (Fsp3) is 0.231. The SMILES string of the molecule is COc1ccc(CCn2cncc(I)c2=O)cc1. The molecular formula is C13H13IN2O2. The van der Waals surface area contributed by atoms with Crippen molar-refractivity contribution >= 4 is 22.6 Å². The van der Waals surface area contributed by atoms with Gasteiger partial charge in [-0.2, -0.15) is 0 Å². The van der Waals surface area contributed by atoms with Crippen LogP contribution in [0.5, 0.6) is 5.75 Å². The molecule has 0 atom stereocenters. The lowest BCUT2D eigenvalue weighted by Gasteiger charge is -2.06. The van der Waals surface area contributed by atoms with Crippen LogP contribution in [-0.2, 0) is 13.0 Å². The van der Waals surface area contributed by atoms with Crippen LogP contribution < -0.4 is 10.3 Å². The zero-order valence-corrected chi connectivity index (χ0v) is 12.1. The molecule has 0 N–H and O–H groups in total. The molecule has 18 heavy (non-hydrogen) atoms. The summed E-state index contributed by atoms with van der Waals surface area (Å²) in [5.41, 5.74) is 1.18. The Labute approximate surface area is 119 Å². The predicted molar refractivity (Wildman–Crippen MR) is 77.9 cm³/mol. The average Bonchev–Trinajstić information content (AvgIpc) is 2.41. The van der Waals surface area contributed by atoms with E-state index in [-0.39, 0.29) is 5.56 Å². The summed E-state index contributed by atoms with van der Waals surface area (Å²) in [4.78, 5) is 15.8. The molecular weight excluding hydrogens is 343 g/mol. The summed E-state index contributed by atoms with van der Waals surface area (Å²) in [6.45, 7) is 0.634. The van der Waals surface area contributed by atoms with Crippen LogP contribution >= 0.6 is 22.6 Å². The number of rotatable bonds is 4. The zero-order valence-electron chi connectivity index (χ0n) is 9.97. The maximum Gasteiger partial charge on any atom is 0.266 e. The second kappa shape index (κ2) is 5.99. The van der Waals surface area contributed by atoms with Gasteiger partial charge in [0.15, 0.2) is 0 Å². The Kier molecular flexibility index (Phi) is 4.35. The molecule has 1 heterocycles. The van der Waals surface area contributed by atoms with Crippen LogP contribution in [0.3, 0.4) is 0 Å². The van der Waals surface area contributed by atoms with E-state index in [0.717, 1.165) is 12.2 Å². The average molecular weight is 356 g/mol. The molecule has 0 radical (unpaired) electrons. The normalized spacial score (nSPS) is 10.3. The molecule has 0 saturated carbocycles. The van der Waals surface area contributed by atoms with Crippen molar-refractivity contribution in [2.45, 2.75) is 13.0 Å². The highest BCUT2D eigenvalue weighted by Gasteiger charge is 2.01. The minimum Gasteiger partial charge on any atom is -0.497 e. The van der Waals surface area contributed by atoms with Crippen molar-refractivity contribution in [3.63, 3.8) is 0 Å². The quantitative estimate of drug-likeness (QED) is 0.789. The molecule has 1 aromatic heterocycles. The van der Waals surface area contributed by atoms with Gasteiger partial charge in [-0.15, -0.1) is 0 Å². The second-order valence-corrected chi connectivity index (χ2v) is 5.00. The van der Waals surface area contributed by atoms with E-state index in [9.17, 15) is 4.79 Å². The topological polar surface area (TPSA) is 44.1 Å². The van der Waals surface area contributed by atoms with Gasteiger partial charge in [0.05, 0.1) is 17.0 Å². The van der Waals surface area contributed by atoms with E-state index in [1.165, 1.54) is 5.56 Å². The molecule has 0 aliphatic heterocycles. The van der Waals surface area contributed by atoms with Crippen LogP contribution in [0.2, 0.25) is 0 Å². The smallest absolute Gasteiger partial charge is 0.266 e. The summed E-state index contributed by atoms with van der Waals surface area (Å²) in [6, 6.07) is 7.85. The maximum atomic E-state index is 11.8. The van der Waals surface area contributed by atoms with Crippen molar-refractivity contribution < 1.29 is 4.74 Å². The molecule has 5 heteroatoms. The van der Waals surface area contributed by atoms with Gasteiger partial charge >= 0.3 is 0 Å². The van der Waals surface area contributed by atoms with Crippen LogP contribution in [0.25, 0.3) is 0 Å². The van der Waals surface area contributed by atoms with E-state index < -0.39 is 0 Å². The van der Waals surface area contributed by atoms with Crippen LogP contribution in [0.1, 0.15) is 5.56 Å². The van der Waals surface area contributed by atoms with Gasteiger partial charge in [-0.05, 0) is 46.7 Å². The Morgan fingerprint density at radius 2 is 2.06 bits per heavy atom. The van der Waals surface area contributed by atoms with Crippen molar-refractivity contribution in [3.05, 3.63) is 56.3 Å². The summed E-state index contributed by atoms with van der Waals surface area (Å²) >= 11 is 2.00. The third-order valence-corrected chi connectivity index (χ3v) is 3.40. The van der Waals surface area contributed by atoms with Crippen LogP contribution in [0.4, 0.5) is 0 Å². The molecule has 0 spiro atoms. The highest BCUT2D eigenvalue weighted by atomic mass is 127. The van der Waals surface area contributed by atoms with Crippen LogP contribution in [0.15, 0.2) is 41.6 Å². The van der Waals surface area contributed by atoms with Crippen molar-refractivity contribution in [3.8, 4) is 5.75 Å². The molecule has 0 aliphatic carbocycles. The van der Waals surface area contributed by atoms with Crippen molar-refractivity contribution in [2.75, 3.05) is 7.11 Å². The molecule has 0 amide bonds. The van der Waals surface area contributed by atoms with E-state index in [2.05, 4.69) is 4.98 Å². The molecule has 4 nitrogen and oxygen atoms in total. The highest BCUT2D eigenvalue weighted by Crippen LogP contribution is 2.11. The molecule has 94 valence electrons. The number of methoxy groups -OCH3 is 1. The first-order valence-electron chi connectivity index (χ1n) is 5.53. The molecule has 0 bridgehead atoms. The third kappa shape index (κ3) is 3.10. The molecule has 0 saturated heterocycles. The summed E-state index contributed by atoms with van der Waals surface area (Å²) < 4.78 is 7.37. The fourth-order valence-corrected chi connectivity index (χ4v) is 2.10. The second-order valence-electron chi connectivity index (χ2n) is 3.84. The number of benzene rings is 1. The van der Waals surface area contributed by atoms with Gasteiger partial charge in [0.25, 0.3) is 5.56 Å².